The lowest BCUT2D eigenvalue weighted by Crippen LogP contribution is -2.08. The summed E-state index contributed by atoms with van der Waals surface area (Å²) in [7, 11) is 0. The van der Waals surface area contributed by atoms with Gasteiger partial charge in [0.05, 0.1) is 6.61 Å². The fourth-order valence-corrected chi connectivity index (χ4v) is 3.43. The van der Waals surface area contributed by atoms with Gasteiger partial charge in [0, 0.05) is 6.42 Å². The SMILES string of the molecule is CCCCCCCOc1ccc(-c2ccc(C(C)OC(=O)CCCCC)cc2)cc1. The fourth-order valence-electron chi connectivity index (χ4n) is 3.43. The maximum Gasteiger partial charge on any atom is 0.306 e. The smallest absolute Gasteiger partial charge is 0.306 e. The molecule has 0 aliphatic rings. The van der Waals surface area contributed by atoms with Crippen LogP contribution in [0.2, 0.25) is 0 Å². The second-order valence-electron chi connectivity index (χ2n) is 8.00. The van der Waals surface area contributed by atoms with Crippen molar-refractivity contribution in [2.75, 3.05) is 6.61 Å². The normalized spacial score (nSPS) is 11.8. The van der Waals surface area contributed by atoms with Crippen LogP contribution in [0, 0.1) is 0 Å². The highest BCUT2D eigenvalue weighted by molar-refractivity contribution is 5.69. The molecule has 164 valence electrons. The van der Waals surface area contributed by atoms with E-state index in [0.29, 0.717) is 6.42 Å². The van der Waals surface area contributed by atoms with E-state index in [1.54, 1.807) is 0 Å². The lowest BCUT2D eigenvalue weighted by Gasteiger charge is -2.14. The fraction of sp³-hybridized carbons (Fsp3) is 0.519. The van der Waals surface area contributed by atoms with Gasteiger partial charge >= 0.3 is 5.97 Å². The van der Waals surface area contributed by atoms with E-state index < -0.39 is 0 Å². The van der Waals surface area contributed by atoms with E-state index in [0.717, 1.165) is 54.7 Å². The predicted octanol–water partition coefficient (Wildman–Crippen LogP) is 7.89. The summed E-state index contributed by atoms with van der Waals surface area (Å²) in [5.41, 5.74) is 3.32. The van der Waals surface area contributed by atoms with Crippen LogP contribution in [0.3, 0.4) is 0 Å². The van der Waals surface area contributed by atoms with E-state index in [4.69, 9.17) is 9.47 Å². The van der Waals surface area contributed by atoms with Gasteiger partial charge < -0.3 is 9.47 Å². The number of carbonyl (C=O) groups is 1. The Kier molecular flexibility index (Phi) is 11.1. The Labute approximate surface area is 182 Å². The second-order valence-corrected chi connectivity index (χ2v) is 8.00. The summed E-state index contributed by atoms with van der Waals surface area (Å²) in [6.07, 6.45) is 9.60. The zero-order chi connectivity index (χ0) is 21.6. The van der Waals surface area contributed by atoms with Crippen LogP contribution in [-0.4, -0.2) is 12.6 Å². The highest BCUT2D eigenvalue weighted by atomic mass is 16.5. The molecule has 0 spiro atoms. The van der Waals surface area contributed by atoms with Crippen LogP contribution in [0.5, 0.6) is 5.75 Å². The molecule has 0 radical (unpaired) electrons. The van der Waals surface area contributed by atoms with Crippen molar-refractivity contribution in [3.63, 3.8) is 0 Å². The molecule has 1 atom stereocenters. The molecule has 2 aromatic carbocycles. The van der Waals surface area contributed by atoms with Crippen LogP contribution < -0.4 is 4.74 Å². The second kappa shape index (κ2) is 13.8. The summed E-state index contributed by atoms with van der Waals surface area (Å²) in [6, 6.07) is 16.5. The predicted molar refractivity (Wildman–Crippen MR) is 125 cm³/mol. The molecule has 2 rings (SSSR count). The third-order valence-electron chi connectivity index (χ3n) is 5.38. The molecule has 0 saturated carbocycles. The first-order valence-electron chi connectivity index (χ1n) is 11.7. The van der Waals surface area contributed by atoms with Gasteiger partial charge in [-0.1, -0.05) is 88.8 Å². The van der Waals surface area contributed by atoms with Gasteiger partial charge in [0.2, 0.25) is 0 Å². The molecular formula is C27H38O3. The van der Waals surface area contributed by atoms with Crippen molar-refractivity contribution >= 4 is 5.97 Å². The quantitative estimate of drug-likeness (QED) is 0.235. The molecule has 0 bridgehead atoms. The molecule has 30 heavy (non-hydrogen) atoms. The van der Waals surface area contributed by atoms with E-state index in [1.807, 2.05) is 31.2 Å². The lowest BCUT2D eigenvalue weighted by atomic mass is 10.0. The van der Waals surface area contributed by atoms with Gasteiger partial charge in [-0.05, 0) is 48.6 Å². The molecule has 0 fully saturated rings. The minimum Gasteiger partial charge on any atom is -0.494 e. The molecule has 0 heterocycles. The molecule has 3 heteroatoms. The third kappa shape index (κ3) is 8.61. The molecule has 0 aromatic heterocycles. The molecule has 0 aliphatic carbocycles. The number of hydrogen-bond donors (Lipinski definition) is 0. The Bertz CT molecular complexity index is 719. The maximum absolute atomic E-state index is 11.9. The number of benzene rings is 2. The van der Waals surface area contributed by atoms with E-state index in [-0.39, 0.29) is 12.1 Å². The summed E-state index contributed by atoms with van der Waals surface area (Å²) in [6.45, 7) is 7.08. The highest BCUT2D eigenvalue weighted by Gasteiger charge is 2.11. The first-order chi connectivity index (χ1) is 14.6. The summed E-state index contributed by atoms with van der Waals surface area (Å²) in [5.74, 6) is 0.815. The standard InChI is InChI=1S/C27H38O3/c1-4-6-8-9-11-21-29-26-19-17-25(18-20-26)24-15-13-23(14-16-24)22(3)30-27(28)12-10-7-5-2/h13-20,22H,4-12,21H2,1-3H3. The summed E-state index contributed by atoms with van der Waals surface area (Å²) in [4.78, 5) is 11.9. The van der Waals surface area contributed by atoms with Gasteiger partial charge in [-0.15, -0.1) is 0 Å². The molecule has 0 amide bonds. The molecule has 2 aromatic rings. The number of esters is 1. The highest BCUT2D eigenvalue weighted by Crippen LogP contribution is 2.25. The van der Waals surface area contributed by atoms with Gasteiger partial charge in [0.15, 0.2) is 0 Å². The number of unbranched alkanes of at least 4 members (excludes halogenated alkanes) is 6. The van der Waals surface area contributed by atoms with Crippen molar-refractivity contribution in [3.05, 3.63) is 54.1 Å². The zero-order valence-corrected chi connectivity index (χ0v) is 19.0. The van der Waals surface area contributed by atoms with Crippen LogP contribution in [0.4, 0.5) is 0 Å². The van der Waals surface area contributed by atoms with Crippen LogP contribution in [0.25, 0.3) is 11.1 Å². The maximum atomic E-state index is 11.9. The largest absolute Gasteiger partial charge is 0.494 e. The van der Waals surface area contributed by atoms with Crippen LogP contribution in [0.15, 0.2) is 48.5 Å². The van der Waals surface area contributed by atoms with Crippen molar-refractivity contribution < 1.29 is 14.3 Å². The van der Waals surface area contributed by atoms with E-state index in [9.17, 15) is 4.79 Å². The van der Waals surface area contributed by atoms with Crippen LogP contribution in [0.1, 0.15) is 90.2 Å². The third-order valence-corrected chi connectivity index (χ3v) is 5.38. The molecule has 1 unspecified atom stereocenters. The summed E-state index contributed by atoms with van der Waals surface area (Å²) >= 11 is 0. The number of rotatable bonds is 14. The molecule has 0 N–H and O–H groups in total. The Hall–Kier alpha value is -2.29. The lowest BCUT2D eigenvalue weighted by molar-refractivity contribution is -0.148. The zero-order valence-electron chi connectivity index (χ0n) is 19.0. The molecule has 3 nitrogen and oxygen atoms in total. The Morgan fingerprint density at radius 1 is 0.767 bits per heavy atom. The number of hydrogen-bond acceptors (Lipinski definition) is 3. The van der Waals surface area contributed by atoms with Gasteiger partial charge in [-0.2, -0.15) is 0 Å². The first-order valence-corrected chi connectivity index (χ1v) is 11.7. The van der Waals surface area contributed by atoms with Gasteiger partial charge in [0.1, 0.15) is 11.9 Å². The van der Waals surface area contributed by atoms with E-state index in [2.05, 4.69) is 38.1 Å². The monoisotopic (exact) mass is 410 g/mol. The van der Waals surface area contributed by atoms with Crippen molar-refractivity contribution in [2.45, 2.75) is 84.7 Å². The summed E-state index contributed by atoms with van der Waals surface area (Å²) < 4.78 is 11.4. The van der Waals surface area contributed by atoms with Gasteiger partial charge in [0.25, 0.3) is 0 Å². The minimum atomic E-state index is -0.221. The van der Waals surface area contributed by atoms with Crippen LogP contribution >= 0.6 is 0 Å². The topological polar surface area (TPSA) is 35.5 Å². The average Bonchev–Trinajstić information content (AvgIpc) is 2.77. The molecule has 0 saturated heterocycles. The van der Waals surface area contributed by atoms with Crippen molar-refractivity contribution in [3.8, 4) is 16.9 Å². The summed E-state index contributed by atoms with van der Waals surface area (Å²) in [5, 5.41) is 0. The Morgan fingerprint density at radius 3 is 1.97 bits per heavy atom. The van der Waals surface area contributed by atoms with E-state index in [1.165, 1.54) is 25.7 Å². The Balaban J connectivity index is 1.81. The van der Waals surface area contributed by atoms with Gasteiger partial charge in [-0.25, -0.2) is 0 Å². The van der Waals surface area contributed by atoms with Crippen LogP contribution in [-0.2, 0) is 9.53 Å². The average molecular weight is 411 g/mol. The minimum absolute atomic E-state index is 0.110. The number of carbonyl (C=O) groups excluding carboxylic acids is 1. The van der Waals surface area contributed by atoms with Crippen molar-refractivity contribution in [1.82, 2.24) is 0 Å². The van der Waals surface area contributed by atoms with Crippen molar-refractivity contribution in [1.29, 1.82) is 0 Å². The van der Waals surface area contributed by atoms with Gasteiger partial charge in [-0.3, -0.25) is 4.79 Å². The molecule has 0 aliphatic heterocycles. The number of ether oxygens (including phenoxy) is 2. The van der Waals surface area contributed by atoms with Crippen molar-refractivity contribution in [2.24, 2.45) is 0 Å². The van der Waals surface area contributed by atoms with E-state index >= 15 is 0 Å². The first kappa shape index (κ1) is 24.0. The molecular weight excluding hydrogens is 372 g/mol. The Morgan fingerprint density at radius 2 is 1.33 bits per heavy atom.